The quantitative estimate of drug-likeness (QED) is 0.0328. The van der Waals surface area contributed by atoms with Gasteiger partial charge in [0.2, 0.25) is 0 Å². The molecule has 0 radical (unpaired) electrons. The molecule has 49 heavy (non-hydrogen) atoms. The Morgan fingerprint density at radius 2 is 1.12 bits per heavy atom. The van der Waals surface area contributed by atoms with Crippen LogP contribution < -0.4 is 5.73 Å². The number of hydrogen-bond acceptors (Lipinski definition) is 11. The smallest absolute Gasteiger partial charge is 0.307 e. The average Bonchev–Trinajstić information content (AvgIpc) is 2.98. The van der Waals surface area contributed by atoms with Gasteiger partial charge in [0.1, 0.15) is 12.2 Å². The number of aliphatic hydroxyl groups excluding tert-OH is 2. The molecule has 0 rings (SSSR count). The zero-order chi connectivity index (χ0) is 37.7. The summed E-state index contributed by atoms with van der Waals surface area (Å²) in [5, 5.41) is 57.6. The Labute approximate surface area is 288 Å². The number of aliphatic carboxylic acids is 4. The van der Waals surface area contributed by atoms with E-state index in [1.807, 2.05) is 6.92 Å². The highest BCUT2D eigenvalue weighted by Crippen LogP contribution is 2.29. The summed E-state index contributed by atoms with van der Waals surface area (Å²) in [6.45, 7) is 7.23. The van der Waals surface area contributed by atoms with E-state index in [4.69, 9.17) is 25.4 Å². The van der Waals surface area contributed by atoms with E-state index in [0.29, 0.717) is 25.7 Å². The number of aliphatic hydroxyl groups is 2. The largest absolute Gasteiger partial charge is 0.481 e. The first-order valence-electron chi connectivity index (χ1n) is 17.3. The van der Waals surface area contributed by atoms with Gasteiger partial charge in [0, 0.05) is 6.04 Å². The van der Waals surface area contributed by atoms with E-state index in [-0.39, 0.29) is 24.8 Å². The molecule has 0 spiro atoms. The lowest BCUT2D eigenvalue weighted by Gasteiger charge is -2.33. The Morgan fingerprint density at radius 3 is 1.57 bits per heavy atom. The van der Waals surface area contributed by atoms with Crippen molar-refractivity contribution in [1.29, 1.82) is 0 Å². The molecule has 0 aromatic carbocycles. The molecule has 0 fully saturated rings. The van der Waals surface area contributed by atoms with Gasteiger partial charge in [-0.3, -0.25) is 28.8 Å². The van der Waals surface area contributed by atoms with Crippen LogP contribution in [-0.2, 0) is 38.2 Å². The van der Waals surface area contributed by atoms with Gasteiger partial charge in [-0.05, 0) is 50.9 Å². The molecule has 15 heteroatoms. The molecule has 0 unspecified atom stereocenters. The van der Waals surface area contributed by atoms with Gasteiger partial charge in [0.05, 0.1) is 49.7 Å². The molecule has 0 saturated carbocycles. The lowest BCUT2D eigenvalue weighted by atomic mass is 10.8. The standard InChI is InChI=1S/C34H59NO14/c1-5-6-11-21(3)32(49-31(43)19-24(34(46)47)17-29(40)41)27(48-30(42)18-23(33(44)45)16-28(38)39)15-20(2)14-25(36)12-9-7-8-10-13-26(37)22(4)35/h20-27,32,36-37H,5-19,35H2,1-4H3,(H,38,39)(H,40,41)(H,44,45)(H,46,47)/t20-,21+,22-,23+,24+,25+,26-,27-,32+/m0/s1/i1+1,2+1,3+1,4+1,5+1,6+1,7+1,8+1,9+1,10+1,11+1,12+1,13+1,14+1,15+1,16+1,17+1,18+1,19+1,20+1,21+1,22+1,23+1,24+1,25+1,26+1,27+1,28+1,29+1,30+1,31+1,32+1,33+1,34+1. The van der Waals surface area contributed by atoms with Crippen LogP contribution in [0.15, 0.2) is 0 Å². The summed E-state index contributed by atoms with van der Waals surface area (Å²) in [6, 6.07) is -0.300. The fraction of sp³-hybridized carbons (Fsp3) is 0.824. The Bertz CT molecular complexity index is 1030. The monoisotopic (exact) mass is 740 g/mol. The van der Waals surface area contributed by atoms with Crippen LogP contribution in [0.1, 0.15) is 124 Å². The number of carbonyl (C=O) groups excluding carboxylic acids is 2. The summed E-state index contributed by atoms with van der Waals surface area (Å²) >= 11 is 0. The van der Waals surface area contributed by atoms with Crippen molar-refractivity contribution in [3.8, 4) is 0 Å². The Kier molecular flexibility index (Phi) is 23.1. The predicted molar refractivity (Wildman–Crippen MR) is 176 cm³/mol. The maximum Gasteiger partial charge on any atom is 0.307 e. The summed E-state index contributed by atoms with van der Waals surface area (Å²) in [4.78, 5) is 71.6. The maximum atomic E-state index is 13.0. The highest BCUT2D eigenvalue weighted by molar-refractivity contribution is 5.83. The third-order valence-corrected chi connectivity index (χ3v) is 8.56. The summed E-state index contributed by atoms with van der Waals surface area (Å²) in [5.74, 6) is -11.8. The molecular formula is C34H59NO14. The van der Waals surface area contributed by atoms with E-state index in [9.17, 15) is 49.2 Å². The molecule has 0 saturated heterocycles. The van der Waals surface area contributed by atoms with Gasteiger partial charge in [0.25, 0.3) is 0 Å². The Hall–Kier alpha value is -3.30. The molecule has 0 amide bonds. The molecule has 0 aliphatic rings. The molecule has 15 nitrogen and oxygen atoms in total. The first kappa shape index (κ1) is 45.7. The summed E-state index contributed by atoms with van der Waals surface area (Å²) in [5.41, 5.74) is 5.68. The Balaban J connectivity index is 5.94. The third-order valence-electron chi connectivity index (χ3n) is 8.56. The van der Waals surface area contributed by atoms with Crippen molar-refractivity contribution in [1.82, 2.24) is 0 Å². The Morgan fingerprint density at radius 1 is 0.633 bits per heavy atom. The number of hydrogen-bond donors (Lipinski definition) is 7. The number of ether oxygens (including phenoxy) is 2. The first-order chi connectivity index (χ1) is 22.9. The van der Waals surface area contributed by atoms with E-state index in [0.717, 1.165) is 32.1 Å². The van der Waals surface area contributed by atoms with Gasteiger partial charge in [0.15, 0.2) is 0 Å². The molecule has 0 heterocycles. The van der Waals surface area contributed by atoms with Gasteiger partial charge >= 0.3 is 35.8 Å². The van der Waals surface area contributed by atoms with Crippen molar-refractivity contribution in [2.24, 2.45) is 29.4 Å². The van der Waals surface area contributed by atoms with Crippen molar-refractivity contribution in [2.75, 3.05) is 0 Å². The van der Waals surface area contributed by atoms with Gasteiger partial charge in [-0.2, -0.15) is 0 Å². The highest BCUT2D eigenvalue weighted by Gasteiger charge is 2.37. The van der Waals surface area contributed by atoms with Gasteiger partial charge < -0.3 is 45.8 Å². The molecule has 8 N–H and O–H groups in total. The first-order valence-corrected chi connectivity index (χ1v) is 17.3. The molecule has 0 aromatic rings. The zero-order valence-electron chi connectivity index (χ0n) is 29.3. The van der Waals surface area contributed by atoms with Crippen LogP contribution in [0.3, 0.4) is 0 Å². The molecule has 0 bridgehead atoms. The lowest BCUT2D eigenvalue weighted by molar-refractivity contribution is -0.177. The second-order valence-electron chi connectivity index (χ2n) is 13.4. The predicted octanol–water partition coefficient (Wildman–Crippen LogP) is 3.59. The van der Waals surface area contributed by atoms with Crippen molar-refractivity contribution < 1.29 is 68.9 Å². The summed E-state index contributed by atoms with van der Waals surface area (Å²) in [7, 11) is 0. The van der Waals surface area contributed by atoms with Gasteiger partial charge in [-0.1, -0.05) is 59.3 Å². The fourth-order valence-corrected chi connectivity index (χ4v) is 5.66. The molecule has 0 aromatic heterocycles. The van der Waals surface area contributed by atoms with E-state index >= 15 is 0 Å². The number of carboxylic acids is 4. The average molecular weight is 740 g/mol. The van der Waals surface area contributed by atoms with Crippen LogP contribution in [-0.4, -0.2) is 96.9 Å². The minimum Gasteiger partial charge on any atom is -0.481 e. The zero-order valence-corrected chi connectivity index (χ0v) is 29.3. The van der Waals surface area contributed by atoms with E-state index in [1.165, 1.54) is 0 Å². The number of nitrogens with two attached hydrogens (primary N) is 1. The van der Waals surface area contributed by atoms with Crippen LogP contribution in [0, 0.1) is 23.7 Å². The van der Waals surface area contributed by atoms with Crippen LogP contribution in [0.4, 0.5) is 0 Å². The van der Waals surface area contributed by atoms with E-state index < -0.39 is 104 Å². The fourth-order valence-electron chi connectivity index (χ4n) is 5.66. The maximum absolute atomic E-state index is 13.0. The lowest BCUT2D eigenvalue weighted by Crippen LogP contribution is -2.42. The van der Waals surface area contributed by atoms with E-state index in [2.05, 4.69) is 0 Å². The van der Waals surface area contributed by atoms with Crippen molar-refractivity contribution in [3.05, 3.63) is 0 Å². The van der Waals surface area contributed by atoms with Crippen molar-refractivity contribution in [3.63, 3.8) is 0 Å². The van der Waals surface area contributed by atoms with Crippen molar-refractivity contribution >= 4 is 35.8 Å². The molecule has 9 atom stereocenters. The molecule has 0 aliphatic carbocycles. The summed E-state index contributed by atoms with van der Waals surface area (Å²) in [6.07, 6.45) is -0.0465. The number of rotatable bonds is 29. The van der Waals surface area contributed by atoms with Crippen LogP contribution >= 0.6 is 0 Å². The minimum absolute atomic E-state index is 0.0700. The molecular weight excluding hydrogens is 680 g/mol. The molecule has 284 valence electrons. The summed E-state index contributed by atoms with van der Waals surface area (Å²) < 4.78 is 11.4. The van der Waals surface area contributed by atoms with Crippen LogP contribution in [0.2, 0.25) is 0 Å². The van der Waals surface area contributed by atoms with E-state index in [1.54, 1.807) is 20.8 Å². The second kappa shape index (κ2) is 24.8. The number of carbonyl (C=O) groups is 6. The second-order valence-corrected chi connectivity index (χ2v) is 13.4. The van der Waals surface area contributed by atoms with Gasteiger partial charge in [-0.25, -0.2) is 0 Å². The third kappa shape index (κ3) is 21.4. The number of unbranched alkanes of at least 4 members (excludes halogenated alkanes) is 4. The van der Waals surface area contributed by atoms with Crippen LogP contribution in [0.25, 0.3) is 0 Å². The SMILES string of the molecule is [13CH3][13CH2][13CH2][13CH2][13C@@H]([13CH3])[13C@@H](O[13C](=O)[13CH2][13C@@H]([13CH2][13C](=O)O)[13C](=O)O)[13C@H]([13CH2][13C@@H]([13CH3])[13CH2][13C@H](O)[13CH2][13CH2][13CH2][13CH2][13CH2][13CH2][13C@H](O)[13C@H]([13CH3])N)O[13C](=O)[13CH2][13C@@H]([13CH2][13C](=O)O)[13C](=O)O. The minimum atomic E-state index is -1.57. The van der Waals surface area contributed by atoms with Gasteiger partial charge in [-0.15, -0.1) is 0 Å². The normalized spacial score (nSPS) is 17.0. The number of carboxylic acid groups (broad SMARTS) is 4. The highest BCUT2D eigenvalue weighted by atomic mass is 16.8. The topological polar surface area (TPSA) is 268 Å². The molecule has 0 aliphatic heterocycles. The van der Waals surface area contributed by atoms with Crippen LogP contribution in [0.5, 0.6) is 0 Å². The van der Waals surface area contributed by atoms with Crippen molar-refractivity contribution in [2.45, 2.75) is 154 Å². The number of esters is 2.